The number of carbonyl (C=O) groups is 1. The molecule has 1 amide bonds. The Balaban J connectivity index is 2.11. The molecule has 0 aromatic carbocycles. The van der Waals surface area contributed by atoms with Gasteiger partial charge in [-0.15, -0.1) is 0 Å². The highest BCUT2D eigenvalue weighted by Crippen LogP contribution is 2.23. The van der Waals surface area contributed by atoms with Crippen molar-refractivity contribution in [1.29, 1.82) is 0 Å². The van der Waals surface area contributed by atoms with E-state index in [1.807, 2.05) is 17.8 Å². The topological polar surface area (TPSA) is 59.0 Å². The minimum Gasteiger partial charge on any atom is -0.346 e. The molecule has 0 saturated carbocycles. The van der Waals surface area contributed by atoms with Crippen LogP contribution < -0.4 is 10.6 Å². The SMILES string of the molecule is CC(C)CN[C@@H]1CCC(=O)N[C@H]1c1cncn1C. The molecule has 1 aliphatic heterocycles. The van der Waals surface area contributed by atoms with Crippen LogP contribution in [-0.2, 0) is 11.8 Å². The van der Waals surface area contributed by atoms with E-state index < -0.39 is 0 Å². The summed E-state index contributed by atoms with van der Waals surface area (Å²) >= 11 is 0. The fourth-order valence-electron chi connectivity index (χ4n) is 2.35. The number of hydrogen-bond donors (Lipinski definition) is 2. The first-order valence-corrected chi connectivity index (χ1v) is 6.57. The zero-order valence-corrected chi connectivity index (χ0v) is 11.3. The molecule has 1 fully saturated rings. The molecule has 2 rings (SSSR count). The fourth-order valence-corrected chi connectivity index (χ4v) is 2.35. The summed E-state index contributed by atoms with van der Waals surface area (Å²) in [4.78, 5) is 15.7. The number of nitrogens with zero attached hydrogens (tertiary/aromatic N) is 2. The van der Waals surface area contributed by atoms with E-state index in [-0.39, 0.29) is 11.9 Å². The van der Waals surface area contributed by atoms with Crippen LogP contribution in [0.4, 0.5) is 0 Å². The Morgan fingerprint density at radius 2 is 2.39 bits per heavy atom. The average molecular weight is 250 g/mol. The number of carbonyl (C=O) groups excluding carboxylic acids is 1. The van der Waals surface area contributed by atoms with E-state index in [1.165, 1.54) is 0 Å². The van der Waals surface area contributed by atoms with Crippen molar-refractivity contribution >= 4 is 5.91 Å². The maximum atomic E-state index is 11.6. The van der Waals surface area contributed by atoms with Crippen LogP contribution in [0.25, 0.3) is 0 Å². The summed E-state index contributed by atoms with van der Waals surface area (Å²) in [6, 6.07) is 0.318. The van der Waals surface area contributed by atoms with Gasteiger partial charge in [0.05, 0.1) is 24.3 Å². The van der Waals surface area contributed by atoms with Crippen LogP contribution in [0.1, 0.15) is 38.4 Å². The standard InChI is InChI=1S/C13H22N4O/c1-9(2)6-15-10-4-5-12(18)16-13(10)11-7-14-8-17(11)3/h7-10,13,15H,4-6H2,1-3H3,(H,16,18)/t10-,13-/m1/s1. The Bertz CT molecular complexity index is 413. The van der Waals surface area contributed by atoms with Crippen LogP contribution in [0, 0.1) is 5.92 Å². The summed E-state index contributed by atoms with van der Waals surface area (Å²) in [6.07, 6.45) is 5.09. The predicted molar refractivity (Wildman–Crippen MR) is 70.0 cm³/mol. The van der Waals surface area contributed by atoms with E-state index in [0.717, 1.165) is 18.7 Å². The quantitative estimate of drug-likeness (QED) is 0.837. The lowest BCUT2D eigenvalue weighted by atomic mass is 9.95. The van der Waals surface area contributed by atoms with E-state index in [9.17, 15) is 4.79 Å². The summed E-state index contributed by atoms with van der Waals surface area (Å²) in [7, 11) is 1.96. The molecule has 0 bridgehead atoms. The molecule has 100 valence electrons. The van der Waals surface area contributed by atoms with E-state index in [2.05, 4.69) is 29.5 Å². The number of aryl methyl sites for hydroxylation is 1. The molecule has 1 saturated heterocycles. The molecule has 0 unspecified atom stereocenters. The molecule has 0 radical (unpaired) electrons. The van der Waals surface area contributed by atoms with Gasteiger partial charge in [-0.3, -0.25) is 4.79 Å². The van der Waals surface area contributed by atoms with Crippen molar-refractivity contribution in [1.82, 2.24) is 20.2 Å². The minimum atomic E-state index is 0.0255. The first kappa shape index (κ1) is 13.1. The van der Waals surface area contributed by atoms with Crippen LogP contribution in [0.5, 0.6) is 0 Å². The number of nitrogens with one attached hydrogen (secondary N) is 2. The van der Waals surface area contributed by atoms with Crippen molar-refractivity contribution in [2.24, 2.45) is 13.0 Å². The molecule has 0 spiro atoms. The van der Waals surface area contributed by atoms with E-state index in [0.29, 0.717) is 18.4 Å². The molecule has 5 heteroatoms. The van der Waals surface area contributed by atoms with Crippen molar-refractivity contribution in [2.45, 2.75) is 38.8 Å². The van der Waals surface area contributed by atoms with Crippen molar-refractivity contribution in [3.05, 3.63) is 18.2 Å². The van der Waals surface area contributed by atoms with Crippen LogP contribution in [0.2, 0.25) is 0 Å². The maximum Gasteiger partial charge on any atom is 0.220 e. The minimum absolute atomic E-state index is 0.0255. The maximum absolute atomic E-state index is 11.6. The number of amides is 1. The number of aromatic nitrogens is 2. The first-order chi connectivity index (χ1) is 8.58. The number of imidazole rings is 1. The van der Waals surface area contributed by atoms with Crippen molar-refractivity contribution in [2.75, 3.05) is 6.54 Å². The lowest BCUT2D eigenvalue weighted by molar-refractivity contribution is -0.124. The van der Waals surface area contributed by atoms with E-state index in [1.54, 1.807) is 6.33 Å². The molecule has 2 heterocycles. The average Bonchev–Trinajstić information content (AvgIpc) is 2.73. The Labute approximate surface area is 108 Å². The number of piperidine rings is 1. The second-order valence-corrected chi connectivity index (χ2v) is 5.42. The summed E-state index contributed by atoms with van der Waals surface area (Å²) in [6.45, 7) is 5.34. The molecule has 1 aliphatic rings. The first-order valence-electron chi connectivity index (χ1n) is 6.57. The molecule has 1 aromatic heterocycles. The van der Waals surface area contributed by atoms with Gasteiger partial charge in [0.25, 0.3) is 0 Å². The summed E-state index contributed by atoms with van der Waals surface area (Å²) in [5.41, 5.74) is 1.06. The zero-order valence-electron chi connectivity index (χ0n) is 11.3. The normalized spacial score (nSPS) is 24.3. The molecular formula is C13H22N4O. The number of rotatable bonds is 4. The van der Waals surface area contributed by atoms with Gasteiger partial charge in [-0.2, -0.15) is 0 Å². The number of hydrogen-bond acceptors (Lipinski definition) is 3. The Hall–Kier alpha value is -1.36. The van der Waals surface area contributed by atoms with Crippen LogP contribution in [-0.4, -0.2) is 28.0 Å². The monoisotopic (exact) mass is 250 g/mol. The molecule has 2 N–H and O–H groups in total. The highest BCUT2D eigenvalue weighted by atomic mass is 16.1. The molecule has 5 nitrogen and oxygen atoms in total. The third-order valence-corrected chi connectivity index (χ3v) is 3.36. The highest BCUT2D eigenvalue weighted by Gasteiger charge is 2.31. The Morgan fingerprint density at radius 3 is 3.00 bits per heavy atom. The Kier molecular flexibility index (Phi) is 4.01. The van der Waals surface area contributed by atoms with Gasteiger partial charge in [0.15, 0.2) is 0 Å². The Morgan fingerprint density at radius 1 is 1.61 bits per heavy atom. The lowest BCUT2D eigenvalue weighted by Gasteiger charge is -2.33. The van der Waals surface area contributed by atoms with Crippen LogP contribution in [0.15, 0.2) is 12.5 Å². The smallest absolute Gasteiger partial charge is 0.220 e. The zero-order chi connectivity index (χ0) is 13.1. The van der Waals surface area contributed by atoms with Gasteiger partial charge >= 0.3 is 0 Å². The van der Waals surface area contributed by atoms with E-state index >= 15 is 0 Å². The lowest BCUT2D eigenvalue weighted by Crippen LogP contribution is -2.49. The second kappa shape index (κ2) is 5.52. The van der Waals surface area contributed by atoms with Gasteiger partial charge in [0.2, 0.25) is 5.91 Å². The summed E-state index contributed by atoms with van der Waals surface area (Å²) < 4.78 is 1.97. The predicted octanol–water partition coefficient (Wildman–Crippen LogP) is 0.985. The van der Waals surface area contributed by atoms with Gasteiger partial charge in [-0.05, 0) is 18.9 Å². The van der Waals surface area contributed by atoms with E-state index in [4.69, 9.17) is 0 Å². The van der Waals surface area contributed by atoms with Crippen molar-refractivity contribution in [3.63, 3.8) is 0 Å². The van der Waals surface area contributed by atoms with Gasteiger partial charge in [0.1, 0.15) is 0 Å². The third-order valence-electron chi connectivity index (χ3n) is 3.36. The largest absolute Gasteiger partial charge is 0.346 e. The van der Waals surface area contributed by atoms with Crippen molar-refractivity contribution in [3.8, 4) is 0 Å². The summed E-state index contributed by atoms with van der Waals surface area (Å²) in [5, 5.41) is 6.62. The van der Waals surface area contributed by atoms with Crippen molar-refractivity contribution < 1.29 is 4.79 Å². The highest BCUT2D eigenvalue weighted by molar-refractivity contribution is 5.77. The van der Waals surface area contributed by atoms with Crippen LogP contribution >= 0.6 is 0 Å². The van der Waals surface area contributed by atoms with Gasteiger partial charge in [-0.25, -0.2) is 4.98 Å². The molecule has 1 aromatic rings. The fraction of sp³-hybridized carbons (Fsp3) is 0.692. The molecule has 2 atom stereocenters. The van der Waals surface area contributed by atoms with Gasteiger partial charge in [-0.1, -0.05) is 13.8 Å². The third kappa shape index (κ3) is 2.90. The molecule has 18 heavy (non-hydrogen) atoms. The van der Waals surface area contributed by atoms with Crippen LogP contribution in [0.3, 0.4) is 0 Å². The molecular weight excluding hydrogens is 228 g/mol. The van der Waals surface area contributed by atoms with Gasteiger partial charge in [0, 0.05) is 19.5 Å². The molecule has 0 aliphatic carbocycles. The van der Waals surface area contributed by atoms with Gasteiger partial charge < -0.3 is 15.2 Å². The second-order valence-electron chi connectivity index (χ2n) is 5.42. The summed E-state index contributed by atoms with van der Waals surface area (Å²) in [5.74, 6) is 0.735.